The first-order valence-electron chi connectivity index (χ1n) is 9.96. The van der Waals surface area contributed by atoms with E-state index in [2.05, 4.69) is 10.2 Å². The van der Waals surface area contributed by atoms with Crippen molar-refractivity contribution < 1.29 is 18.7 Å². The number of likely N-dealkylation sites (N-methyl/N-ethyl adjacent to an activating group) is 1. The van der Waals surface area contributed by atoms with Gasteiger partial charge in [0.25, 0.3) is 11.8 Å². The van der Waals surface area contributed by atoms with Crippen LogP contribution in [0.3, 0.4) is 0 Å². The van der Waals surface area contributed by atoms with Crippen molar-refractivity contribution in [1.29, 1.82) is 0 Å². The molecule has 156 valence electrons. The Morgan fingerprint density at radius 1 is 1.28 bits per heavy atom. The summed E-state index contributed by atoms with van der Waals surface area (Å²) in [5, 5.41) is 2.90. The molecule has 1 spiro atoms. The quantitative estimate of drug-likeness (QED) is 0.826. The van der Waals surface area contributed by atoms with Crippen molar-refractivity contribution in [2.45, 2.75) is 38.0 Å². The van der Waals surface area contributed by atoms with Crippen molar-refractivity contribution in [3.63, 3.8) is 0 Å². The van der Waals surface area contributed by atoms with Crippen LogP contribution in [-0.2, 0) is 16.1 Å². The summed E-state index contributed by atoms with van der Waals surface area (Å²) in [4.78, 5) is 31.4. The van der Waals surface area contributed by atoms with Crippen LogP contribution in [0.25, 0.3) is 0 Å². The van der Waals surface area contributed by atoms with Crippen LogP contribution in [0.15, 0.2) is 34.9 Å². The molecule has 0 aromatic carbocycles. The highest BCUT2D eigenvalue weighted by molar-refractivity contribution is 7.13. The third kappa shape index (κ3) is 4.55. The zero-order valence-electron chi connectivity index (χ0n) is 16.8. The lowest BCUT2D eigenvalue weighted by Crippen LogP contribution is -2.61. The van der Waals surface area contributed by atoms with Gasteiger partial charge in [-0.2, -0.15) is 0 Å². The van der Waals surface area contributed by atoms with Gasteiger partial charge in [-0.1, -0.05) is 0 Å². The molecule has 4 heterocycles. The number of piperidine rings is 1. The van der Waals surface area contributed by atoms with Gasteiger partial charge in [-0.25, -0.2) is 0 Å². The lowest BCUT2D eigenvalue weighted by atomic mass is 9.88. The largest absolute Gasteiger partial charge is 0.467 e. The lowest BCUT2D eigenvalue weighted by Gasteiger charge is -2.48. The summed E-state index contributed by atoms with van der Waals surface area (Å²) < 4.78 is 11.6. The van der Waals surface area contributed by atoms with Crippen molar-refractivity contribution in [2.75, 3.05) is 33.2 Å². The number of ether oxygens (including phenoxy) is 1. The first kappa shape index (κ1) is 20.1. The third-order valence-electron chi connectivity index (χ3n) is 5.65. The maximum atomic E-state index is 12.7. The van der Waals surface area contributed by atoms with Crippen LogP contribution >= 0.6 is 11.3 Å². The van der Waals surface area contributed by atoms with E-state index in [1.54, 1.807) is 12.3 Å². The Kier molecular flexibility index (Phi) is 5.76. The molecule has 2 fully saturated rings. The fourth-order valence-corrected chi connectivity index (χ4v) is 4.99. The Bertz CT molecular complexity index is 855. The second-order valence-electron chi connectivity index (χ2n) is 7.99. The third-order valence-corrected chi connectivity index (χ3v) is 6.64. The molecule has 1 atom stereocenters. The number of morpholine rings is 1. The smallest absolute Gasteiger partial charge is 0.263 e. The Labute approximate surface area is 174 Å². The molecule has 2 aliphatic heterocycles. The molecule has 29 heavy (non-hydrogen) atoms. The molecule has 2 aliphatic rings. The molecular formula is C21H27N3O4S. The van der Waals surface area contributed by atoms with Gasteiger partial charge in [0.15, 0.2) is 0 Å². The molecule has 0 unspecified atom stereocenters. The molecule has 0 bridgehead atoms. The molecule has 8 heteroatoms. The van der Waals surface area contributed by atoms with E-state index in [9.17, 15) is 9.59 Å². The number of hydrogen-bond acceptors (Lipinski definition) is 6. The van der Waals surface area contributed by atoms with Gasteiger partial charge in [0.2, 0.25) is 0 Å². The summed E-state index contributed by atoms with van der Waals surface area (Å²) in [6.45, 7) is 4.98. The number of hydrogen-bond donors (Lipinski definition) is 1. The standard InChI is InChI=1S/C21H27N3O4S/c1-15-5-6-18(29-15)20(26)24-9-7-21(8-10-24)14-23(2)13-17(28-21)19(25)22-12-16-4-3-11-27-16/h3-6,11,17H,7-10,12-14H2,1-2H3,(H,22,25)/t17-/m1/s1. The zero-order valence-corrected chi connectivity index (χ0v) is 17.7. The Morgan fingerprint density at radius 2 is 2.07 bits per heavy atom. The minimum Gasteiger partial charge on any atom is -0.467 e. The fourth-order valence-electron chi connectivity index (χ4n) is 4.15. The summed E-state index contributed by atoms with van der Waals surface area (Å²) >= 11 is 1.53. The zero-order chi connectivity index (χ0) is 20.4. The second-order valence-corrected chi connectivity index (χ2v) is 9.27. The van der Waals surface area contributed by atoms with E-state index in [-0.39, 0.29) is 17.4 Å². The number of amides is 2. The number of aryl methyl sites for hydroxylation is 1. The van der Waals surface area contributed by atoms with Gasteiger partial charge in [-0.05, 0) is 51.1 Å². The maximum Gasteiger partial charge on any atom is 0.263 e. The highest BCUT2D eigenvalue weighted by Gasteiger charge is 2.44. The second kappa shape index (κ2) is 8.30. The van der Waals surface area contributed by atoms with E-state index in [1.165, 1.54) is 11.3 Å². The predicted molar refractivity (Wildman–Crippen MR) is 110 cm³/mol. The van der Waals surface area contributed by atoms with E-state index in [0.717, 1.165) is 29.1 Å². The normalized spacial score (nSPS) is 22.0. The number of likely N-dealkylation sites (tertiary alicyclic amines) is 1. The minimum absolute atomic E-state index is 0.0925. The first-order chi connectivity index (χ1) is 13.9. The number of carbonyl (C=O) groups excluding carboxylic acids is 2. The lowest BCUT2D eigenvalue weighted by molar-refractivity contribution is -0.180. The predicted octanol–water partition coefficient (Wildman–Crippen LogP) is 2.27. The number of nitrogens with one attached hydrogen (secondary N) is 1. The summed E-state index contributed by atoms with van der Waals surface area (Å²) in [6.07, 6.45) is 2.53. The average molecular weight is 418 g/mol. The molecule has 2 saturated heterocycles. The summed E-state index contributed by atoms with van der Waals surface area (Å²) in [5.74, 6) is 0.683. The Morgan fingerprint density at radius 3 is 2.72 bits per heavy atom. The van der Waals surface area contributed by atoms with E-state index in [1.807, 2.05) is 37.1 Å². The van der Waals surface area contributed by atoms with Crippen LogP contribution in [0.2, 0.25) is 0 Å². The number of rotatable bonds is 4. The highest BCUT2D eigenvalue weighted by Crippen LogP contribution is 2.33. The van der Waals surface area contributed by atoms with Gasteiger partial charge in [-0.15, -0.1) is 11.3 Å². The van der Waals surface area contributed by atoms with Crippen molar-refractivity contribution in [3.05, 3.63) is 46.0 Å². The van der Waals surface area contributed by atoms with Crippen molar-refractivity contribution >= 4 is 23.2 Å². The number of carbonyl (C=O) groups is 2. The minimum atomic E-state index is -0.522. The van der Waals surface area contributed by atoms with Crippen LogP contribution in [0.1, 0.15) is 33.2 Å². The topological polar surface area (TPSA) is 75.0 Å². The van der Waals surface area contributed by atoms with Crippen LogP contribution in [0.4, 0.5) is 0 Å². The first-order valence-corrected chi connectivity index (χ1v) is 10.8. The fraction of sp³-hybridized carbons (Fsp3) is 0.524. The molecule has 1 N–H and O–H groups in total. The highest BCUT2D eigenvalue weighted by atomic mass is 32.1. The van der Waals surface area contributed by atoms with Crippen LogP contribution in [0, 0.1) is 6.92 Å². The maximum absolute atomic E-state index is 12.7. The molecule has 2 aromatic rings. The van der Waals surface area contributed by atoms with E-state index < -0.39 is 6.10 Å². The van der Waals surface area contributed by atoms with Gasteiger partial charge in [0.05, 0.1) is 23.3 Å². The van der Waals surface area contributed by atoms with Crippen molar-refractivity contribution in [2.24, 2.45) is 0 Å². The molecular weight excluding hydrogens is 390 g/mol. The van der Waals surface area contributed by atoms with Gasteiger partial charge >= 0.3 is 0 Å². The number of nitrogens with zero attached hydrogens (tertiary/aromatic N) is 2. The summed E-state index contributed by atoms with van der Waals surface area (Å²) in [6, 6.07) is 7.51. The molecule has 0 saturated carbocycles. The molecule has 0 radical (unpaired) electrons. The van der Waals surface area contributed by atoms with Gasteiger partial charge in [0.1, 0.15) is 11.9 Å². The average Bonchev–Trinajstić information content (AvgIpc) is 3.37. The molecule has 0 aliphatic carbocycles. The monoisotopic (exact) mass is 417 g/mol. The SMILES string of the molecule is Cc1ccc(C(=O)N2CCC3(CC2)CN(C)C[C@H](C(=O)NCc2ccco2)O3)s1. The molecule has 7 nitrogen and oxygen atoms in total. The van der Waals surface area contributed by atoms with Crippen molar-refractivity contribution in [1.82, 2.24) is 15.1 Å². The van der Waals surface area contributed by atoms with Gasteiger partial charge in [0, 0.05) is 31.1 Å². The Balaban J connectivity index is 1.35. The van der Waals surface area contributed by atoms with E-state index in [0.29, 0.717) is 31.9 Å². The van der Waals surface area contributed by atoms with E-state index >= 15 is 0 Å². The van der Waals surface area contributed by atoms with Gasteiger partial charge in [-0.3, -0.25) is 9.59 Å². The van der Waals surface area contributed by atoms with Crippen LogP contribution in [0.5, 0.6) is 0 Å². The van der Waals surface area contributed by atoms with Gasteiger partial charge < -0.3 is 24.3 Å². The summed E-state index contributed by atoms with van der Waals surface area (Å²) in [7, 11) is 2.02. The van der Waals surface area contributed by atoms with Crippen molar-refractivity contribution in [3.8, 4) is 0 Å². The molecule has 4 rings (SSSR count). The molecule has 2 aromatic heterocycles. The van der Waals surface area contributed by atoms with Crippen LogP contribution < -0.4 is 5.32 Å². The molecule has 2 amide bonds. The Hall–Kier alpha value is -2.16. The summed E-state index contributed by atoms with van der Waals surface area (Å²) in [5.41, 5.74) is -0.387. The number of thiophene rings is 1. The van der Waals surface area contributed by atoms with E-state index in [4.69, 9.17) is 9.15 Å². The van der Waals surface area contributed by atoms with Crippen LogP contribution in [-0.4, -0.2) is 66.5 Å². The number of furan rings is 1.